The molecule has 20 heavy (non-hydrogen) atoms. The Kier molecular flexibility index (Phi) is 3.16. The fourth-order valence-corrected chi connectivity index (χ4v) is 2.25. The van der Waals surface area contributed by atoms with Gasteiger partial charge in [-0.2, -0.15) is 5.10 Å². The monoisotopic (exact) mass is 285 g/mol. The number of nitrogen functional groups attached to an aromatic ring is 1. The molecule has 2 aromatic carbocycles. The van der Waals surface area contributed by atoms with Crippen LogP contribution in [0.1, 0.15) is 12.0 Å². The molecule has 1 aliphatic heterocycles. The average Bonchev–Trinajstić information content (AvgIpc) is 2.82. The van der Waals surface area contributed by atoms with Gasteiger partial charge >= 0.3 is 0 Å². The van der Waals surface area contributed by atoms with Crippen LogP contribution in [0, 0.1) is 0 Å². The van der Waals surface area contributed by atoms with Crippen molar-refractivity contribution >= 4 is 34.6 Å². The van der Waals surface area contributed by atoms with Crippen LogP contribution in [-0.4, -0.2) is 11.6 Å². The molecule has 2 N–H and O–H groups in total. The number of rotatable bonds is 2. The summed E-state index contributed by atoms with van der Waals surface area (Å²) in [5, 5.41) is 6.39. The molecule has 3 rings (SSSR count). The van der Waals surface area contributed by atoms with Crippen LogP contribution in [0.3, 0.4) is 0 Å². The molecule has 0 bridgehead atoms. The summed E-state index contributed by atoms with van der Waals surface area (Å²) in [5.41, 5.74) is 8.73. The molecule has 0 spiro atoms. The zero-order valence-corrected chi connectivity index (χ0v) is 11.3. The van der Waals surface area contributed by atoms with E-state index in [0.29, 0.717) is 22.1 Å². The second-order valence-corrected chi connectivity index (χ2v) is 4.93. The van der Waals surface area contributed by atoms with Crippen LogP contribution in [0.4, 0.5) is 11.4 Å². The molecule has 1 heterocycles. The minimum atomic E-state index is -0.0782. The van der Waals surface area contributed by atoms with E-state index < -0.39 is 0 Å². The molecule has 0 aromatic heterocycles. The number of hydrazone groups is 1. The standard InChI is InChI=1S/C15H12ClN3O/c16-10-5-7-11(8-6-10)19-15(20)9-14(18-19)12-3-1-2-4-13(12)17/h1-8H,9,17H2. The molecule has 1 amide bonds. The van der Waals surface area contributed by atoms with Gasteiger partial charge in [0, 0.05) is 16.3 Å². The first kappa shape index (κ1) is 12.7. The lowest BCUT2D eigenvalue weighted by molar-refractivity contribution is -0.116. The van der Waals surface area contributed by atoms with E-state index in [1.54, 1.807) is 30.3 Å². The fourth-order valence-electron chi connectivity index (χ4n) is 2.12. The molecule has 4 nitrogen and oxygen atoms in total. The van der Waals surface area contributed by atoms with Crippen molar-refractivity contribution in [2.75, 3.05) is 10.7 Å². The van der Waals surface area contributed by atoms with Crippen molar-refractivity contribution in [1.29, 1.82) is 0 Å². The third kappa shape index (κ3) is 2.26. The number of halogens is 1. The van der Waals surface area contributed by atoms with E-state index in [0.717, 1.165) is 5.56 Å². The fraction of sp³-hybridized carbons (Fsp3) is 0.0667. The molecule has 0 saturated heterocycles. The van der Waals surface area contributed by atoms with E-state index in [4.69, 9.17) is 17.3 Å². The van der Waals surface area contributed by atoms with Crippen molar-refractivity contribution < 1.29 is 4.79 Å². The van der Waals surface area contributed by atoms with Crippen molar-refractivity contribution in [3.8, 4) is 0 Å². The van der Waals surface area contributed by atoms with Crippen LogP contribution in [0.25, 0.3) is 0 Å². The highest BCUT2D eigenvalue weighted by Gasteiger charge is 2.26. The van der Waals surface area contributed by atoms with Gasteiger partial charge in [-0.25, -0.2) is 5.01 Å². The summed E-state index contributed by atoms with van der Waals surface area (Å²) in [6.45, 7) is 0. The molecule has 5 heteroatoms. The summed E-state index contributed by atoms with van der Waals surface area (Å²) in [5.74, 6) is -0.0782. The van der Waals surface area contributed by atoms with Gasteiger partial charge in [-0.1, -0.05) is 29.8 Å². The Hall–Kier alpha value is -2.33. The summed E-state index contributed by atoms with van der Waals surface area (Å²) < 4.78 is 0. The van der Waals surface area contributed by atoms with Crippen molar-refractivity contribution in [1.82, 2.24) is 0 Å². The maximum atomic E-state index is 12.1. The van der Waals surface area contributed by atoms with E-state index in [2.05, 4.69) is 5.10 Å². The quantitative estimate of drug-likeness (QED) is 0.862. The highest BCUT2D eigenvalue weighted by atomic mass is 35.5. The maximum Gasteiger partial charge on any atom is 0.253 e. The number of hydrogen-bond donors (Lipinski definition) is 1. The molecule has 1 aliphatic rings. The number of hydrogen-bond acceptors (Lipinski definition) is 3. The Balaban J connectivity index is 1.97. The Morgan fingerprint density at radius 2 is 1.80 bits per heavy atom. The van der Waals surface area contributed by atoms with Gasteiger partial charge < -0.3 is 5.73 Å². The molecule has 0 radical (unpaired) electrons. The highest BCUT2D eigenvalue weighted by Crippen LogP contribution is 2.25. The summed E-state index contributed by atoms with van der Waals surface area (Å²) in [4.78, 5) is 12.1. The van der Waals surface area contributed by atoms with Gasteiger partial charge in [0.25, 0.3) is 5.91 Å². The van der Waals surface area contributed by atoms with Crippen LogP contribution in [-0.2, 0) is 4.79 Å². The number of nitrogens with two attached hydrogens (primary N) is 1. The van der Waals surface area contributed by atoms with E-state index in [-0.39, 0.29) is 12.3 Å². The van der Waals surface area contributed by atoms with Crippen LogP contribution < -0.4 is 10.7 Å². The van der Waals surface area contributed by atoms with Gasteiger partial charge in [-0.05, 0) is 30.3 Å². The largest absolute Gasteiger partial charge is 0.398 e. The van der Waals surface area contributed by atoms with Gasteiger partial charge in [0.1, 0.15) is 0 Å². The Morgan fingerprint density at radius 1 is 1.10 bits per heavy atom. The predicted molar refractivity (Wildman–Crippen MR) is 80.9 cm³/mol. The summed E-state index contributed by atoms with van der Waals surface area (Å²) >= 11 is 5.84. The SMILES string of the molecule is Nc1ccccc1C1=NN(c2ccc(Cl)cc2)C(=O)C1. The van der Waals surface area contributed by atoms with Gasteiger partial charge in [0.15, 0.2) is 0 Å². The molecule has 0 aliphatic carbocycles. The van der Waals surface area contributed by atoms with Crippen molar-refractivity contribution in [3.05, 3.63) is 59.1 Å². The molecule has 100 valence electrons. The normalized spacial score (nSPS) is 14.6. The average molecular weight is 286 g/mol. The van der Waals surface area contributed by atoms with Crippen LogP contribution in [0.15, 0.2) is 53.6 Å². The lowest BCUT2D eigenvalue weighted by Gasteiger charge is -2.11. The van der Waals surface area contributed by atoms with E-state index in [9.17, 15) is 4.79 Å². The lowest BCUT2D eigenvalue weighted by atomic mass is 10.1. The summed E-state index contributed by atoms with van der Waals surface area (Å²) in [7, 11) is 0. The van der Waals surface area contributed by atoms with Crippen LogP contribution in [0.5, 0.6) is 0 Å². The summed E-state index contributed by atoms with van der Waals surface area (Å²) in [6.07, 6.45) is 0.247. The molecule has 0 saturated carbocycles. The molecule has 0 atom stereocenters. The van der Waals surface area contributed by atoms with Crippen molar-refractivity contribution in [2.45, 2.75) is 6.42 Å². The first-order valence-electron chi connectivity index (χ1n) is 6.16. The number of nitrogens with zero attached hydrogens (tertiary/aromatic N) is 2. The molecule has 2 aromatic rings. The minimum absolute atomic E-state index is 0.0782. The number of carbonyl (C=O) groups is 1. The van der Waals surface area contributed by atoms with Crippen molar-refractivity contribution in [2.24, 2.45) is 5.10 Å². The minimum Gasteiger partial charge on any atom is -0.398 e. The molecular formula is C15H12ClN3O. The number of amides is 1. The number of anilines is 2. The second-order valence-electron chi connectivity index (χ2n) is 4.49. The molecule has 0 unspecified atom stereocenters. The van der Waals surface area contributed by atoms with Gasteiger partial charge in [0.05, 0.1) is 17.8 Å². The number of para-hydroxylation sites is 1. The van der Waals surface area contributed by atoms with Crippen molar-refractivity contribution in [3.63, 3.8) is 0 Å². The third-order valence-corrected chi connectivity index (χ3v) is 3.37. The smallest absolute Gasteiger partial charge is 0.253 e. The lowest BCUT2D eigenvalue weighted by Crippen LogP contribution is -2.19. The predicted octanol–water partition coefficient (Wildman–Crippen LogP) is 3.06. The maximum absolute atomic E-state index is 12.1. The summed E-state index contributed by atoms with van der Waals surface area (Å²) in [6, 6.07) is 14.4. The zero-order valence-electron chi connectivity index (χ0n) is 10.6. The van der Waals surface area contributed by atoms with Crippen LogP contribution in [0.2, 0.25) is 5.02 Å². The first-order valence-corrected chi connectivity index (χ1v) is 6.54. The number of carbonyl (C=O) groups excluding carboxylic acids is 1. The Morgan fingerprint density at radius 3 is 2.50 bits per heavy atom. The second kappa shape index (κ2) is 4.98. The molecular weight excluding hydrogens is 274 g/mol. The third-order valence-electron chi connectivity index (χ3n) is 3.12. The number of benzene rings is 2. The Bertz CT molecular complexity index is 695. The Labute approximate surface area is 121 Å². The topological polar surface area (TPSA) is 58.7 Å². The van der Waals surface area contributed by atoms with E-state index >= 15 is 0 Å². The molecule has 0 fully saturated rings. The first-order chi connectivity index (χ1) is 9.65. The highest BCUT2D eigenvalue weighted by molar-refractivity contribution is 6.30. The van der Waals surface area contributed by atoms with E-state index in [1.807, 2.05) is 18.2 Å². The van der Waals surface area contributed by atoms with Gasteiger partial charge in [0.2, 0.25) is 0 Å². The zero-order chi connectivity index (χ0) is 14.1. The van der Waals surface area contributed by atoms with E-state index in [1.165, 1.54) is 5.01 Å². The van der Waals surface area contributed by atoms with Crippen LogP contribution >= 0.6 is 11.6 Å². The van der Waals surface area contributed by atoms with Gasteiger partial charge in [-0.15, -0.1) is 0 Å². The van der Waals surface area contributed by atoms with Gasteiger partial charge in [-0.3, -0.25) is 4.79 Å².